The van der Waals surface area contributed by atoms with Crippen molar-refractivity contribution in [1.29, 1.82) is 0 Å². The zero-order valence-corrected chi connectivity index (χ0v) is 36.2. The van der Waals surface area contributed by atoms with Crippen molar-refractivity contribution in [2.24, 2.45) is 11.3 Å². The van der Waals surface area contributed by atoms with Crippen molar-refractivity contribution in [3.8, 4) is 11.1 Å². The summed E-state index contributed by atoms with van der Waals surface area (Å²) in [6.07, 6.45) is 9.17. The van der Waals surface area contributed by atoms with Gasteiger partial charge in [0.15, 0.2) is 0 Å². The van der Waals surface area contributed by atoms with E-state index in [4.69, 9.17) is 0 Å². The Hall–Kier alpha value is -2.83. The van der Waals surface area contributed by atoms with Gasteiger partial charge in [-0.2, -0.15) is 0 Å². The maximum atomic E-state index is 4.14. The smallest absolute Gasteiger partial charge is 1.00 e. The summed E-state index contributed by atoms with van der Waals surface area (Å²) in [5.41, 5.74) is 15.3. The molecule has 0 spiro atoms. The van der Waals surface area contributed by atoms with Crippen molar-refractivity contribution in [2.45, 2.75) is 83.7 Å². The van der Waals surface area contributed by atoms with E-state index in [0.29, 0.717) is 9.54 Å². The Morgan fingerprint density at radius 1 is 0.588 bits per heavy atom. The molecule has 0 radical (unpaired) electrons. The SMILES string of the molecule is C=Cc1ccc2c(c1)-c1cc(C=C)ccc1[CH]2[Zr+2]([C]1=CC(C(C)(C)C)=CC1C)=[C](c1ccc(C(C)(C)C)cc1)c1ccc(C(C)(C)C)cc1.[Cl-].[Cl-]. The zero-order valence-electron chi connectivity index (χ0n) is 32.2. The average molecular weight is 793 g/mol. The molecule has 1 atom stereocenters. The van der Waals surface area contributed by atoms with Gasteiger partial charge in [-0.3, -0.25) is 0 Å². The van der Waals surface area contributed by atoms with Gasteiger partial charge >= 0.3 is 306 Å². The predicted molar refractivity (Wildman–Crippen MR) is 212 cm³/mol. The molecule has 0 aliphatic heterocycles. The maximum absolute atomic E-state index is 4.14. The average Bonchev–Trinajstić information content (AvgIpc) is 3.60. The van der Waals surface area contributed by atoms with Crippen LogP contribution in [-0.4, -0.2) is 3.21 Å². The van der Waals surface area contributed by atoms with E-state index in [-0.39, 0.29) is 41.1 Å². The summed E-state index contributed by atoms with van der Waals surface area (Å²) < 4.78 is 3.62. The van der Waals surface area contributed by atoms with Crippen LogP contribution in [0.25, 0.3) is 23.3 Å². The molecule has 264 valence electrons. The molecule has 0 N–H and O–H groups in total. The second-order valence-electron chi connectivity index (χ2n) is 17.2. The monoisotopic (exact) mass is 790 g/mol. The van der Waals surface area contributed by atoms with Crippen molar-refractivity contribution >= 4 is 15.4 Å². The van der Waals surface area contributed by atoms with E-state index in [1.54, 1.807) is 6.49 Å². The van der Waals surface area contributed by atoms with E-state index in [2.05, 4.69) is 179 Å². The molecule has 2 aliphatic carbocycles. The molecule has 51 heavy (non-hydrogen) atoms. The summed E-state index contributed by atoms with van der Waals surface area (Å²) in [5.74, 6) is 0.397. The Morgan fingerprint density at radius 2 is 1.00 bits per heavy atom. The molecule has 0 saturated heterocycles. The van der Waals surface area contributed by atoms with E-state index in [1.807, 2.05) is 12.2 Å². The molecule has 0 bridgehead atoms. The van der Waals surface area contributed by atoms with Crippen molar-refractivity contribution in [2.75, 3.05) is 0 Å². The van der Waals surface area contributed by atoms with E-state index in [9.17, 15) is 0 Å². The first-order chi connectivity index (χ1) is 23.0. The largest absolute Gasteiger partial charge is 1.00 e. The van der Waals surface area contributed by atoms with Crippen LogP contribution >= 0.6 is 0 Å². The van der Waals surface area contributed by atoms with Gasteiger partial charge in [0.05, 0.1) is 0 Å². The van der Waals surface area contributed by atoms with Crippen LogP contribution in [0.1, 0.15) is 117 Å². The summed E-state index contributed by atoms with van der Waals surface area (Å²) in [4.78, 5) is 0. The Balaban J connectivity index is 0.00000292. The minimum absolute atomic E-state index is 0. The van der Waals surface area contributed by atoms with Crippen LogP contribution in [0.15, 0.2) is 119 Å². The third-order valence-corrected chi connectivity index (χ3v) is 19.3. The Morgan fingerprint density at radius 3 is 1.33 bits per heavy atom. The van der Waals surface area contributed by atoms with Gasteiger partial charge in [0, 0.05) is 0 Å². The van der Waals surface area contributed by atoms with E-state index < -0.39 is 21.3 Å². The topological polar surface area (TPSA) is 0 Å². The Labute approximate surface area is 328 Å². The summed E-state index contributed by atoms with van der Waals surface area (Å²) in [5, 5.41) is 0. The fourth-order valence-electron chi connectivity index (χ4n) is 7.55. The molecule has 4 aromatic carbocycles. The molecule has 6 rings (SSSR count). The molecular weight excluding hydrogens is 739 g/mol. The summed E-state index contributed by atoms with van der Waals surface area (Å²) >= 11 is -2.93. The first-order valence-corrected chi connectivity index (χ1v) is 21.8. The van der Waals surface area contributed by atoms with Gasteiger partial charge in [-0.25, -0.2) is 0 Å². The minimum atomic E-state index is -2.93. The number of allylic oxidation sites excluding steroid dienone is 4. The normalized spacial score (nSPS) is 15.3. The maximum Gasteiger partial charge on any atom is -1.00 e. The first kappa shape index (κ1) is 40.9. The number of hydrogen-bond donors (Lipinski definition) is 0. The van der Waals surface area contributed by atoms with Crippen LogP contribution < -0.4 is 24.8 Å². The molecule has 2 aliphatic rings. The molecule has 0 heterocycles. The number of halogens is 2. The van der Waals surface area contributed by atoms with Gasteiger partial charge in [-0.15, -0.1) is 0 Å². The van der Waals surface area contributed by atoms with Gasteiger partial charge in [0.2, 0.25) is 0 Å². The van der Waals surface area contributed by atoms with Crippen molar-refractivity contribution < 1.29 is 46.1 Å². The molecule has 3 heteroatoms. The van der Waals surface area contributed by atoms with E-state index >= 15 is 0 Å². The fourth-order valence-corrected chi connectivity index (χ4v) is 17.1. The van der Waals surface area contributed by atoms with Gasteiger partial charge in [0.25, 0.3) is 0 Å². The summed E-state index contributed by atoms with van der Waals surface area (Å²) in [6.45, 7) is 31.7. The summed E-state index contributed by atoms with van der Waals surface area (Å²) in [6, 6.07) is 33.4. The number of fused-ring (bicyclic) bond motifs is 3. The Bertz CT molecular complexity index is 1920. The standard InChI is InChI=1S/C21H26.C17H13.C10H15.2ClH.Zr/c1-20(2,3)18-11-7-16(8-12-18)15-17-9-13-19(14-10-17)21(4,5)6;1-3-12-5-7-14-11-15-8-6-13(4-2)10-17(15)16(14)9-12;1-8-5-6-9(7-8)10(2,3)4;;;/h7-14H,1-6H3;3-11H,1-2H2;6-8H,1-4H3;2*1H;/q;;;;;+2/p-2. The molecule has 4 aromatic rings. The Kier molecular flexibility index (Phi) is 12.3. The van der Waals surface area contributed by atoms with Crippen LogP contribution in [0.5, 0.6) is 0 Å². The molecule has 0 amide bonds. The quantitative estimate of drug-likeness (QED) is 0.197. The molecular formula is C48H54Cl2Zr. The van der Waals surface area contributed by atoms with Gasteiger partial charge in [-0.05, 0) is 0 Å². The summed E-state index contributed by atoms with van der Waals surface area (Å²) in [7, 11) is 0. The third-order valence-electron chi connectivity index (χ3n) is 10.6. The van der Waals surface area contributed by atoms with Gasteiger partial charge in [0.1, 0.15) is 0 Å². The molecule has 0 fully saturated rings. The van der Waals surface area contributed by atoms with Crippen LogP contribution in [0.2, 0.25) is 0 Å². The van der Waals surface area contributed by atoms with E-state index in [1.165, 1.54) is 61.2 Å². The second kappa shape index (κ2) is 15.3. The van der Waals surface area contributed by atoms with Crippen molar-refractivity contribution in [1.82, 2.24) is 0 Å². The minimum Gasteiger partial charge on any atom is -1.00 e. The third kappa shape index (κ3) is 8.08. The van der Waals surface area contributed by atoms with Gasteiger partial charge < -0.3 is 24.8 Å². The zero-order chi connectivity index (χ0) is 35.5. The molecule has 1 unspecified atom stereocenters. The van der Waals surface area contributed by atoms with Crippen molar-refractivity contribution in [3.05, 3.63) is 164 Å². The van der Waals surface area contributed by atoms with Crippen LogP contribution in [0.4, 0.5) is 0 Å². The molecule has 0 nitrogen and oxygen atoms in total. The molecule has 0 aromatic heterocycles. The predicted octanol–water partition coefficient (Wildman–Crippen LogP) is 7.04. The number of hydrogen-bond acceptors (Lipinski definition) is 0. The fraction of sp³-hybridized carbons (Fsp3) is 0.312. The second-order valence-corrected chi connectivity index (χ2v) is 23.3. The van der Waals surface area contributed by atoms with Crippen LogP contribution in [0, 0.1) is 11.3 Å². The number of benzene rings is 4. The van der Waals surface area contributed by atoms with Crippen LogP contribution in [0.3, 0.4) is 0 Å². The van der Waals surface area contributed by atoms with Crippen LogP contribution in [-0.2, 0) is 32.1 Å². The first-order valence-electron chi connectivity index (χ1n) is 17.9. The van der Waals surface area contributed by atoms with Crippen molar-refractivity contribution in [3.63, 3.8) is 0 Å². The molecule has 0 saturated carbocycles. The van der Waals surface area contributed by atoms with E-state index in [0.717, 1.165) is 0 Å². The van der Waals surface area contributed by atoms with Gasteiger partial charge in [-0.1, -0.05) is 0 Å². The number of rotatable bonds is 6.